The molecule has 0 atom stereocenters. The van der Waals surface area contributed by atoms with Gasteiger partial charge in [-0.2, -0.15) is 0 Å². The van der Waals surface area contributed by atoms with Gasteiger partial charge in [0.2, 0.25) is 0 Å². The first kappa shape index (κ1) is 36.3. The van der Waals surface area contributed by atoms with Gasteiger partial charge in [0.25, 0.3) is 0 Å². The first-order valence-electron chi connectivity index (χ1n) is 20.9. The quantitative estimate of drug-likeness (QED) is 0.162. The molecule has 0 saturated heterocycles. The first-order valence-corrected chi connectivity index (χ1v) is 20.9. The standard InChI is InChI=1S/C58H41N3/c1-58(2)51-21-13-12-20-47(51)49-34-50-48(35-53(59-56(50)36-52(49)58)45-30-24-39(25-31-45)38-14-6-3-7-15-38)42-28-22-40(23-29-42)41-26-32-46(33-27-41)57-60-54(43-16-8-4-9-17-43)37-55(61-57)44-18-10-5-11-19-44/h3-37H,1-2H3. The zero-order valence-corrected chi connectivity index (χ0v) is 34.0. The highest BCUT2D eigenvalue weighted by Gasteiger charge is 2.35. The van der Waals surface area contributed by atoms with Gasteiger partial charge in [0.15, 0.2) is 5.82 Å². The third-order valence-electron chi connectivity index (χ3n) is 12.3. The summed E-state index contributed by atoms with van der Waals surface area (Å²) in [6, 6.07) is 75.5. The van der Waals surface area contributed by atoms with Gasteiger partial charge in [-0.1, -0.05) is 202 Å². The lowest BCUT2D eigenvalue weighted by Crippen LogP contribution is -2.14. The number of aromatic nitrogens is 3. The fraction of sp³-hybridized carbons (Fsp3) is 0.0517. The Morgan fingerprint density at radius 3 is 1.30 bits per heavy atom. The zero-order valence-electron chi connectivity index (χ0n) is 34.0. The smallest absolute Gasteiger partial charge is 0.160 e. The molecule has 0 aliphatic heterocycles. The average molecular weight is 780 g/mol. The molecule has 288 valence electrons. The molecular weight excluding hydrogens is 739 g/mol. The molecule has 1 aliphatic carbocycles. The molecular formula is C58H41N3. The van der Waals surface area contributed by atoms with E-state index in [-0.39, 0.29) is 5.41 Å². The van der Waals surface area contributed by atoms with E-state index < -0.39 is 0 Å². The summed E-state index contributed by atoms with van der Waals surface area (Å²) in [4.78, 5) is 15.5. The lowest BCUT2D eigenvalue weighted by atomic mass is 9.82. The molecule has 0 spiro atoms. The van der Waals surface area contributed by atoms with E-state index in [1.165, 1.54) is 38.9 Å². The second kappa shape index (κ2) is 14.8. The van der Waals surface area contributed by atoms with Crippen LogP contribution < -0.4 is 0 Å². The first-order chi connectivity index (χ1) is 30.0. The molecule has 0 fully saturated rings. The molecule has 2 aromatic heterocycles. The van der Waals surface area contributed by atoms with Crippen molar-refractivity contribution in [1.29, 1.82) is 0 Å². The molecule has 2 heterocycles. The monoisotopic (exact) mass is 779 g/mol. The summed E-state index contributed by atoms with van der Waals surface area (Å²) in [7, 11) is 0. The van der Waals surface area contributed by atoms with E-state index in [1.807, 2.05) is 36.4 Å². The Labute approximate surface area is 356 Å². The van der Waals surface area contributed by atoms with Crippen LogP contribution in [-0.2, 0) is 5.41 Å². The SMILES string of the molecule is CC1(C)c2ccccc2-c2cc3c(-c4ccc(-c5ccc(-c6nc(-c7ccccc7)cc(-c7ccccc7)n6)cc5)cc4)cc(-c4ccc(-c5ccccc5)cc4)nc3cc21. The summed E-state index contributed by atoms with van der Waals surface area (Å²) in [5.41, 5.74) is 20.1. The minimum Gasteiger partial charge on any atom is -0.248 e. The summed E-state index contributed by atoms with van der Waals surface area (Å²) >= 11 is 0. The van der Waals surface area contributed by atoms with E-state index in [2.05, 4.69) is 190 Å². The second-order valence-corrected chi connectivity index (χ2v) is 16.4. The van der Waals surface area contributed by atoms with E-state index in [9.17, 15) is 0 Å². The van der Waals surface area contributed by atoms with Crippen LogP contribution in [-0.4, -0.2) is 15.0 Å². The van der Waals surface area contributed by atoms with E-state index in [0.717, 1.165) is 66.9 Å². The Bertz CT molecular complexity index is 3150. The zero-order chi connectivity index (χ0) is 40.9. The van der Waals surface area contributed by atoms with Gasteiger partial charge >= 0.3 is 0 Å². The molecule has 0 saturated carbocycles. The normalized spacial score (nSPS) is 12.6. The van der Waals surface area contributed by atoms with Crippen molar-refractivity contribution in [3.63, 3.8) is 0 Å². The van der Waals surface area contributed by atoms with Crippen LogP contribution in [0.5, 0.6) is 0 Å². The van der Waals surface area contributed by atoms with Crippen LogP contribution >= 0.6 is 0 Å². The molecule has 1 aliphatic rings. The van der Waals surface area contributed by atoms with Crippen molar-refractivity contribution >= 4 is 10.9 Å². The predicted octanol–water partition coefficient (Wildman–Crippen LogP) is 15.0. The Kier molecular flexibility index (Phi) is 8.82. The van der Waals surface area contributed by atoms with Crippen LogP contribution in [0.3, 0.4) is 0 Å². The van der Waals surface area contributed by atoms with Crippen LogP contribution in [0.4, 0.5) is 0 Å². The summed E-state index contributed by atoms with van der Waals surface area (Å²) in [5, 5.41) is 1.15. The van der Waals surface area contributed by atoms with Gasteiger partial charge in [0, 0.05) is 33.1 Å². The fourth-order valence-corrected chi connectivity index (χ4v) is 9.02. The van der Waals surface area contributed by atoms with E-state index in [1.54, 1.807) is 0 Å². The Morgan fingerprint density at radius 2 is 0.721 bits per heavy atom. The molecule has 0 amide bonds. The van der Waals surface area contributed by atoms with Crippen molar-refractivity contribution in [3.8, 4) is 89.7 Å². The number of rotatable bonds is 7. The molecule has 0 bridgehead atoms. The number of hydrogen-bond donors (Lipinski definition) is 0. The molecule has 61 heavy (non-hydrogen) atoms. The van der Waals surface area contributed by atoms with E-state index in [4.69, 9.17) is 15.0 Å². The predicted molar refractivity (Wildman–Crippen MR) is 253 cm³/mol. The van der Waals surface area contributed by atoms with Crippen LogP contribution in [0.1, 0.15) is 25.0 Å². The largest absolute Gasteiger partial charge is 0.248 e. The van der Waals surface area contributed by atoms with Crippen molar-refractivity contribution in [3.05, 3.63) is 223 Å². The molecule has 3 heteroatoms. The summed E-state index contributed by atoms with van der Waals surface area (Å²) in [6.45, 7) is 4.66. The average Bonchev–Trinajstić information content (AvgIpc) is 3.56. The van der Waals surface area contributed by atoms with Gasteiger partial charge in [-0.15, -0.1) is 0 Å². The van der Waals surface area contributed by atoms with Crippen molar-refractivity contribution in [2.75, 3.05) is 0 Å². The highest BCUT2D eigenvalue weighted by Crippen LogP contribution is 2.50. The van der Waals surface area contributed by atoms with Crippen LogP contribution in [0.2, 0.25) is 0 Å². The van der Waals surface area contributed by atoms with E-state index >= 15 is 0 Å². The Balaban J connectivity index is 0.971. The van der Waals surface area contributed by atoms with Crippen molar-refractivity contribution < 1.29 is 0 Å². The van der Waals surface area contributed by atoms with Gasteiger partial charge in [-0.25, -0.2) is 15.0 Å². The lowest BCUT2D eigenvalue weighted by Gasteiger charge is -2.22. The molecule has 0 radical (unpaired) electrons. The van der Waals surface area contributed by atoms with E-state index in [0.29, 0.717) is 5.82 Å². The Hall–Kier alpha value is -7.75. The number of benzene rings is 8. The maximum absolute atomic E-state index is 5.37. The summed E-state index contributed by atoms with van der Waals surface area (Å²) in [6.07, 6.45) is 0. The third kappa shape index (κ3) is 6.61. The summed E-state index contributed by atoms with van der Waals surface area (Å²) < 4.78 is 0. The van der Waals surface area contributed by atoms with Gasteiger partial charge in [-0.3, -0.25) is 0 Å². The number of nitrogens with zero attached hydrogens (tertiary/aromatic N) is 3. The lowest BCUT2D eigenvalue weighted by molar-refractivity contribution is 0.661. The van der Waals surface area contributed by atoms with Crippen molar-refractivity contribution in [1.82, 2.24) is 15.0 Å². The molecule has 0 N–H and O–H groups in total. The van der Waals surface area contributed by atoms with Gasteiger partial charge in [0.1, 0.15) is 0 Å². The van der Waals surface area contributed by atoms with Crippen LogP contribution in [0.15, 0.2) is 212 Å². The van der Waals surface area contributed by atoms with Crippen molar-refractivity contribution in [2.45, 2.75) is 19.3 Å². The van der Waals surface area contributed by atoms with Crippen LogP contribution in [0, 0.1) is 0 Å². The second-order valence-electron chi connectivity index (χ2n) is 16.4. The van der Waals surface area contributed by atoms with Crippen LogP contribution in [0.25, 0.3) is 101 Å². The minimum atomic E-state index is -0.118. The molecule has 3 nitrogen and oxygen atoms in total. The number of pyridine rings is 1. The highest BCUT2D eigenvalue weighted by molar-refractivity contribution is 6.01. The third-order valence-corrected chi connectivity index (χ3v) is 12.3. The van der Waals surface area contributed by atoms with Crippen molar-refractivity contribution in [2.24, 2.45) is 0 Å². The van der Waals surface area contributed by atoms with Gasteiger partial charge in [0.05, 0.1) is 22.6 Å². The molecule has 11 rings (SSSR count). The minimum absolute atomic E-state index is 0.118. The number of fused-ring (bicyclic) bond motifs is 4. The van der Waals surface area contributed by atoms with Gasteiger partial charge in [-0.05, 0) is 79.9 Å². The highest BCUT2D eigenvalue weighted by atomic mass is 14.9. The van der Waals surface area contributed by atoms with Gasteiger partial charge < -0.3 is 0 Å². The maximum Gasteiger partial charge on any atom is 0.160 e. The maximum atomic E-state index is 5.37. The summed E-state index contributed by atoms with van der Waals surface area (Å²) in [5.74, 6) is 0.703. The number of hydrogen-bond acceptors (Lipinski definition) is 3. The fourth-order valence-electron chi connectivity index (χ4n) is 9.02. The molecule has 8 aromatic carbocycles. The Morgan fingerprint density at radius 1 is 0.295 bits per heavy atom. The molecule has 0 unspecified atom stereocenters. The molecule has 10 aromatic rings. The topological polar surface area (TPSA) is 38.7 Å².